The van der Waals surface area contributed by atoms with Gasteiger partial charge in [-0.05, 0) is 30.7 Å². The van der Waals surface area contributed by atoms with E-state index in [1.54, 1.807) is 0 Å². The highest BCUT2D eigenvalue weighted by atomic mass is 79.9. The number of carbonyl (C=O) groups is 1. The molecule has 0 aliphatic rings. The Morgan fingerprint density at radius 3 is 2.67 bits per heavy atom. The molecule has 1 aromatic rings. The van der Waals surface area contributed by atoms with Crippen LogP contribution in [-0.2, 0) is 4.79 Å². The summed E-state index contributed by atoms with van der Waals surface area (Å²) in [5.41, 5.74) is 6.05. The molecule has 0 saturated carbocycles. The minimum Gasteiger partial charge on any atom is -0.492 e. The van der Waals surface area contributed by atoms with E-state index in [1.807, 2.05) is 25.1 Å². The smallest absolute Gasteiger partial charge is 0.231 e. The van der Waals surface area contributed by atoms with Crippen LogP contribution >= 0.6 is 40.7 Å². The third kappa shape index (κ3) is 7.76. The number of halogens is 3. The van der Waals surface area contributed by atoms with Crippen LogP contribution in [0.5, 0.6) is 5.75 Å². The van der Waals surface area contributed by atoms with Crippen LogP contribution < -0.4 is 15.8 Å². The topological polar surface area (TPSA) is 64.3 Å². The van der Waals surface area contributed by atoms with E-state index in [9.17, 15) is 4.79 Å². The molecule has 0 aliphatic heterocycles. The Hall–Kier alpha value is -0.490. The number of hydrogen-bond acceptors (Lipinski definition) is 3. The number of aryl methyl sites for hydroxylation is 1. The number of primary amides is 1. The van der Waals surface area contributed by atoms with Crippen molar-refractivity contribution in [2.24, 2.45) is 5.73 Å². The van der Waals surface area contributed by atoms with Crippen molar-refractivity contribution >= 4 is 46.7 Å². The second-order valence-corrected chi connectivity index (χ2v) is 4.32. The average Bonchev–Trinajstić information content (AvgIpc) is 2.20. The van der Waals surface area contributed by atoms with Crippen molar-refractivity contribution in [1.82, 2.24) is 5.32 Å². The molecule has 7 heteroatoms. The van der Waals surface area contributed by atoms with Gasteiger partial charge in [0.05, 0.1) is 6.54 Å². The number of amides is 1. The van der Waals surface area contributed by atoms with Crippen molar-refractivity contribution in [1.29, 1.82) is 0 Å². The van der Waals surface area contributed by atoms with E-state index in [4.69, 9.17) is 10.5 Å². The summed E-state index contributed by atoms with van der Waals surface area (Å²) in [6.07, 6.45) is 0. The summed E-state index contributed by atoms with van der Waals surface area (Å²) in [5, 5.41) is 2.88. The van der Waals surface area contributed by atoms with E-state index >= 15 is 0 Å². The lowest BCUT2D eigenvalue weighted by Gasteiger charge is -2.09. The molecular weight excluding hydrogens is 343 g/mol. The number of ether oxygens (including phenoxy) is 1. The predicted octanol–water partition coefficient (Wildman–Crippen LogP) is 2.05. The molecule has 0 heterocycles. The second kappa shape index (κ2) is 10.4. The maximum atomic E-state index is 10.4. The summed E-state index contributed by atoms with van der Waals surface area (Å²) in [7, 11) is 0. The van der Waals surface area contributed by atoms with Crippen molar-refractivity contribution in [3.05, 3.63) is 28.2 Å². The molecule has 104 valence electrons. The van der Waals surface area contributed by atoms with E-state index in [-0.39, 0.29) is 37.3 Å². The molecule has 1 rings (SSSR count). The lowest BCUT2D eigenvalue weighted by atomic mass is 10.2. The van der Waals surface area contributed by atoms with Crippen molar-refractivity contribution in [3.8, 4) is 5.75 Å². The largest absolute Gasteiger partial charge is 0.492 e. The maximum absolute atomic E-state index is 10.4. The zero-order valence-electron chi connectivity index (χ0n) is 9.94. The lowest BCUT2D eigenvalue weighted by Crippen LogP contribution is -2.31. The van der Waals surface area contributed by atoms with E-state index in [0.29, 0.717) is 13.2 Å². The van der Waals surface area contributed by atoms with Gasteiger partial charge in [-0.15, -0.1) is 24.8 Å². The van der Waals surface area contributed by atoms with Crippen LogP contribution in [0.3, 0.4) is 0 Å². The summed E-state index contributed by atoms with van der Waals surface area (Å²) in [6, 6.07) is 5.83. The maximum Gasteiger partial charge on any atom is 0.231 e. The molecule has 3 N–H and O–H groups in total. The van der Waals surface area contributed by atoms with Crippen LogP contribution in [0.4, 0.5) is 0 Å². The standard InChI is InChI=1S/C11H15BrN2O2.2ClH/c1-8-6-9(12)2-3-10(8)16-5-4-14-7-11(13)15;;/h2-3,6,14H,4-5,7H2,1H3,(H2,13,15);2*1H. The molecule has 0 fully saturated rings. The van der Waals surface area contributed by atoms with Crippen LogP contribution in [0.1, 0.15) is 5.56 Å². The zero-order chi connectivity index (χ0) is 12.0. The fraction of sp³-hybridized carbons (Fsp3) is 0.364. The molecule has 18 heavy (non-hydrogen) atoms. The van der Waals surface area contributed by atoms with Gasteiger partial charge < -0.3 is 15.8 Å². The number of nitrogens with one attached hydrogen (secondary N) is 1. The molecule has 0 unspecified atom stereocenters. The van der Waals surface area contributed by atoms with Gasteiger partial charge in [0.2, 0.25) is 5.91 Å². The molecular formula is C11H17BrCl2N2O2. The molecule has 1 amide bonds. The fourth-order valence-electron chi connectivity index (χ4n) is 1.22. The quantitative estimate of drug-likeness (QED) is 0.764. The second-order valence-electron chi connectivity index (χ2n) is 3.40. The number of rotatable bonds is 6. The molecule has 0 aliphatic carbocycles. The van der Waals surface area contributed by atoms with Gasteiger partial charge in [-0.2, -0.15) is 0 Å². The predicted molar refractivity (Wildman–Crippen MR) is 80.9 cm³/mol. The lowest BCUT2D eigenvalue weighted by molar-refractivity contribution is -0.117. The first-order valence-electron chi connectivity index (χ1n) is 4.97. The van der Waals surface area contributed by atoms with Crippen LogP contribution in [0, 0.1) is 6.92 Å². The van der Waals surface area contributed by atoms with Gasteiger partial charge in [0.25, 0.3) is 0 Å². The number of carbonyl (C=O) groups excluding carboxylic acids is 1. The third-order valence-corrected chi connectivity index (χ3v) is 2.47. The number of benzene rings is 1. The highest BCUT2D eigenvalue weighted by Gasteiger charge is 1.99. The first kappa shape index (κ1) is 19.8. The first-order valence-corrected chi connectivity index (χ1v) is 5.77. The molecule has 4 nitrogen and oxygen atoms in total. The van der Waals surface area contributed by atoms with Crippen LogP contribution in [0.15, 0.2) is 22.7 Å². The Bertz CT molecular complexity index is 378. The minimum absolute atomic E-state index is 0. The van der Waals surface area contributed by atoms with Crippen molar-refractivity contribution < 1.29 is 9.53 Å². The molecule has 0 spiro atoms. The Kier molecular flexibility index (Phi) is 11.5. The number of nitrogens with two attached hydrogens (primary N) is 1. The molecule has 0 aromatic heterocycles. The Morgan fingerprint density at radius 2 is 2.11 bits per heavy atom. The van der Waals surface area contributed by atoms with Crippen molar-refractivity contribution in [3.63, 3.8) is 0 Å². The summed E-state index contributed by atoms with van der Waals surface area (Å²) in [5.74, 6) is 0.490. The average molecular weight is 360 g/mol. The van der Waals surface area contributed by atoms with Gasteiger partial charge >= 0.3 is 0 Å². The highest BCUT2D eigenvalue weighted by Crippen LogP contribution is 2.21. The third-order valence-electron chi connectivity index (χ3n) is 1.97. The summed E-state index contributed by atoms with van der Waals surface area (Å²) < 4.78 is 6.57. The van der Waals surface area contributed by atoms with E-state index < -0.39 is 0 Å². The number of hydrogen-bond donors (Lipinski definition) is 2. The first-order chi connectivity index (χ1) is 7.59. The zero-order valence-corrected chi connectivity index (χ0v) is 13.2. The Labute approximate surface area is 128 Å². The minimum atomic E-state index is -0.361. The van der Waals surface area contributed by atoms with Gasteiger partial charge in [-0.1, -0.05) is 15.9 Å². The summed E-state index contributed by atoms with van der Waals surface area (Å²) in [6.45, 7) is 3.27. The van der Waals surface area contributed by atoms with E-state index in [2.05, 4.69) is 21.2 Å². The highest BCUT2D eigenvalue weighted by molar-refractivity contribution is 9.10. The summed E-state index contributed by atoms with van der Waals surface area (Å²) in [4.78, 5) is 10.4. The van der Waals surface area contributed by atoms with E-state index in [1.165, 1.54) is 0 Å². The SMILES string of the molecule is Cc1cc(Br)ccc1OCCNCC(N)=O.Cl.Cl. The molecule has 0 radical (unpaired) electrons. The van der Waals surface area contributed by atoms with Crippen LogP contribution in [0.25, 0.3) is 0 Å². The molecule has 0 atom stereocenters. The Balaban J connectivity index is 0. The molecule has 0 saturated heterocycles. The van der Waals surface area contributed by atoms with Crippen LogP contribution in [-0.4, -0.2) is 25.6 Å². The molecule has 1 aromatic carbocycles. The van der Waals surface area contributed by atoms with Gasteiger partial charge in [0.1, 0.15) is 12.4 Å². The van der Waals surface area contributed by atoms with Crippen LogP contribution in [0.2, 0.25) is 0 Å². The van der Waals surface area contributed by atoms with Gasteiger partial charge in [0.15, 0.2) is 0 Å². The van der Waals surface area contributed by atoms with E-state index in [0.717, 1.165) is 15.8 Å². The van der Waals surface area contributed by atoms with Gasteiger partial charge in [-0.25, -0.2) is 0 Å². The monoisotopic (exact) mass is 358 g/mol. The Morgan fingerprint density at radius 1 is 1.44 bits per heavy atom. The van der Waals surface area contributed by atoms with Gasteiger partial charge in [0, 0.05) is 11.0 Å². The normalized spacial score (nSPS) is 9.00. The van der Waals surface area contributed by atoms with Crippen molar-refractivity contribution in [2.75, 3.05) is 19.7 Å². The molecule has 0 bridgehead atoms. The van der Waals surface area contributed by atoms with Gasteiger partial charge in [-0.3, -0.25) is 4.79 Å². The fourth-order valence-corrected chi connectivity index (χ4v) is 1.70. The summed E-state index contributed by atoms with van der Waals surface area (Å²) >= 11 is 3.39. The van der Waals surface area contributed by atoms with Crippen molar-refractivity contribution in [2.45, 2.75) is 6.92 Å².